The molecule has 0 aromatic rings. The van der Waals surface area contributed by atoms with E-state index in [1.165, 1.54) is 0 Å². The fraction of sp³-hybridized carbons (Fsp3) is 0. The first-order valence-corrected chi connectivity index (χ1v) is 2.02. The third kappa shape index (κ3) is 5.48. The molecule has 0 amide bonds. The van der Waals surface area contributed by atoms with Gasteiger partial charge in [0.05, 0.1) is 0 Å². The first-order valence-electron chi connectivity index (χ1n) is 1.09. The maximum atomic E-state index is 9.19. The lowest BCUT2D eigenvalue weighted by atomic mass is 11.5. The Balaban J connectivity index is 3.13. The molecule has 0 saturated heterocycles. The van der Waals surface area contributed by atoms with Crippen molar-refractivity contribution in [2.75, 3.05) is 0 Å². The molecule has 5 nitrogen and oxygen atoms in total. The second-order valence-electron chi connectivity index (χ2n) is 0.532. The van der Waals surface area contributed by atoms with Crippen LogP contribution in [0.4, 0.5) is 4.79 Å². The van der Waals surface area contributed by atoms with Gasteiger partial charge in [0.1, 0.15) is 0 Å². The molecule has 0 aliphatic rings. The number of halogens is 1. The highest BCUT2D eigenvalue weighted by Crippen LogP contribution is 1.75. The van der Waals surface area contributed by atoms with Gasteiger partial charge >= 0.3 is 16.9 Å². The van der Waals surface area contributed by atoms with Gasteiger partial charge in [-0.2, -0.15) is 4.79 Å². The zero-order valence-corrected chi connectivity index (χ0v) is 3.71. The van der Waals surface area contributed by atoms with Crippen LogP contribution in [0.25, 0.3) is 0 Å². The molecule has 0 spiro atoms. The molecular formula is CHClO5. The predicted molar refractivity (Wildman–Crippen MR) is 9.11 cm³/mol. The maximum Gasteiger partial charge on any atom is 0.613 e. The van der Waals surface area contributed by atoms with Crippen LogP contribution < -0.4 is 9.32 Å². The van der Waals surface area contributed by atoms with Gasteiger partial charge in [-0.3, -0.25) is 0 Å². The SMILES string of the molecule is O=C(O)O[Cl+2]([O-])[O-]. The third-order valence-corrected chi connectivity index (χ3v) is 0.387. The number of carboxylic acid groups (broad SMARTS) is 1. The summed E-state index contributed by atoms with van der Waals surface area (Å²) in [5.74, 6) is 0. The molecule has 6 heteroatoms. The molecule has 1 N–H and O–H groups in total. The van der Waals surface area contributed by atoms with Crippen LogP contribution in [0.1, 0.15) is 0 Å². The van der Waals surface area contributed by atoms with Gasteiger partial charge in [-0.1, -0.05) is 0 Å². The van der Waals surface area contributed by atoms with E-state index >= 15 is 0 Å². The topological polar surface area (TPSA) is 92.7 Å². The summed E-state index contributed by atoms with van der Waals surface area (Å²) in [6, 6.07) is 0. The van der Waals surface area contributed by atoms with Crippen molar-refractivity contribution in [3.63, 3.8) is 0 Å². The predicted octanol–water partition coefficient (Wildman–Crippen LogP) is -2.23. The quantitative estimate of drug-likeness (QED) is 0.431. The Kier molecular flexibility index (Phi) is 2.42. The van der Waals surface area contributed by atoms with Crippen LogP contribution in [0.15, 0.2) is 0 Å². The molecule has 0 aromatic heterocycles. The average Bonchev–Trinajstić information content (AvgIpc) is 1.27. The van der Waals surface area contributed by atoms with Gasteiger partial charge in [-0.25, -0.2) is 0 Å². The number of carbonyl (C=O) groups is 1. The molecule has 7 heavy (non-hydrogen) atoms. The van der Waals surface area contributed by atoms with E-state index in [2.05, 4.69) is 4.29 Å². The van der Waals surface area contributed by atoms with Gasteiger partial charge in [-0.15, -0.1) is 0 Å². The van der Waals surface area contributed by atoms with E-state index in [9.17, 15) is 4.79 Å². The first kappa shape index (κ1) is 6.48. The minimum Gasteiger partial charge on any atom is -0.443 e. The van der Waals surface area contributed by atoms with Crippen molar-refractivity contribution in [3.8, 4) is 0 Å². The standard InChI is InChI=1S/CHClO5/c3-1(4)7-2(5)6/h(H,3,4). The Labute approximate surface area is 41.5 Å². The van der Waals surface area contributed by atoms with E-state index in [1.54, 1.807) is 0 Å². The van der Waals surface area contributed by atoms with Crippen LogP contribution in [0.3, 0.4) is 0 Å². The molecule has 0 atom stereocenters. The fourth-order valence-electron chi connectivity index (χ4n) is 0.0539. The first-order chi connectivity index (χ1) is 3.13. The Morgan fingerprint density at radius 2 is 2.14 bits per heavy atom. The van der Waals surface area contributed by atoms with Gasteiger partial charge in [0.2, 0.25) is 0 Å². The molecule has 0 radical (unpaired) electrons. The molecule has 0 aromatic carbocycles. The summed E-state index contributed by atoms with van der Waals surface area (Å²) in [4.78, 5) is 9.19. The van der Waals surface area contributed by atoms with Crippen LogP contribution in [-0.4, -0.2) is 11.3 Å². The molecule has 0 unspecified atom stereocenters. The highest BCUT2D eigenvalue weighted by Gasteiger charge is 2.13. The highest BCUT2D eigenvalue weighted by atomic mass is 35.6. The summed E-state index contributed by atoms with van der Waals surface area (Å²) in [6.45, 7) is 0. The van der Waals surface area contributed by atoms with Crippen molar-refractivity contribution in [1.29, 1.82) is 0 Å². The normalized spacial score (nSPS) is 9.00. The molecular weight excluding hydrogens is 127 g/mol. The Hall–Kier alpha value is -0.520. The lowest BCUT2D eigenvalue weighted by molar-refractivity contribution is -1.62. The minimum absolute atomic E-state index is 1.84. The van der Waals surface area contributed by atoms with Crippen molar-refractivity contribution in [1.82, 2.24) is 0 Å². The molecule has 0 aliphatic heterocycles. The Morgan fingerprint density at radius 3 is 2.14 bits per heavy atom. The molecule has 0 aliphatic carbocycles. The van der Waals surface area contributed by atoms with E-state index in [4.69, 9.17) is 14.4 Å². The number of hydrogen-bond acceptors (Lipinski definition) is 4. The highest BCUT2D eigenvalue weighted by molar-refractivity contribution is 5.55. The molecule has 0 bridgehead atoms. The van der Waals surface area contributed by atoms with Gasteiger partial charge in [-0.05, 0) is 4.29 Å². The van der Waals surface area contributed by atoms with E-state index in [-0.39, 0.29) is 0 Å². The van der Waals surface area contributed by atoms with E-state index in [1.807, 2.05) is 0 Å². The largest absolute Gasteiger partial charge is 0.613 e. The van der Waals surface area contributed by atoms with Crippen molar-refractivity contribution >= 4 is 6.16 Å². The third-order valence-electron chi connectivity index (χ3n) is 0.129. The average molecular weight is 128 g/mol. The second kappa shape index (κ2) is 2.62. The summed E-state index contributed by atoms with van der Waals surface area (Å²) in [5, 5.41) is 7.46. The Bertz CT molecular complexity index is 68.5. The lowest BCUT2D eigenvalue weighted by Crippen LogP contribution is -2.35. The van der Waals surface area contributed by atoms with Gasteiger partial charge in [0.15, 0.2) is 0 Å². The zero-order valence-electron chi connectivity index (χ0n) is 2.96. The second-order valence-corrected chi connectivity index (χ2v) is 1.06. The molecule has 0 saturated carbocycles. The van der Waals surface area contributed by atoms with E-state index < -0.39 is 16.9 Å². The summed E-state index contributed by atoms with van der Waals surface area (Å²) in [5.41, 5.74) is 0. The van der Waals surface area contributed by atoms with Crippen molar-refractivity contribution in [2.45, 2.75) is 0 Å². The lowest BCUT2D eigenvalue weighted by Gasteiger charge is -1.84. The van der Waals surface area contributed by atoms with Crippen LogP contribution in [0, 0.1) is 10.8 Å². The summed E-state index contributed by atoms with van der Waals surface area (Å²) in [7, 11) is -2.65. The van der Waals surface area contributed by atoms with Crippen molar-refractivity contribution in [3.05, 3.63) is 0 Å². The minimum atomic E-state index is -2.65. The number of rotatable bonds is 1. The van der Waals surface area contributed by atoms with Crippen LogP contribution >= 0.6 is 0 Å². The maximum absolute atomic E-state index is 9.19. The van der Waals surface area contributed by atoms with Crippen LogP contribution in [-0.2, 0) is 4.29 Å². The molecule has 0 fully saturated rings. The van der Waals surface area contributed by atoms with Gasteiger partial charge in [0, 0.05) is 0 Å². The number of hydrogen-bond donors (Lipinski definition) is 1. The molecule has 0 rings (SSSR count). The zero-order chi connectivity index (χ0) is 5.86. The monoisotopic (exact) mass is 128 g/mol. The fourth-order valence-corrected chi connectivity index (χ4v) is 0.162. The summed E-state index contributed by atoms with van der Waals surface area (Å²) >= 11 is 0. The summed E-state index contributed by atoms with van der Waals surface area (Å²) in [6.07, 6.45) is -1.84. The van der Waals surface area contributed by atoms with Gasteiger partial charge < -0.3 is 14.4 Å². The van der Waals surface area contributed by atoms with Crippen LogP contribution in [0.5, 0.6) is 0 Å². The Morgan fingerprint density at radius 1 is 1.71 bits per heavy atom. The van der Waals surface area contributed by atoms with E-state index in [0.29, 0.717) is 0 Å². The van der Waals surface area contributed by atoms with Crippen molar-refractivity contribution in [2.24, 2.45) is 0 Å². The van der Waals surface area contributed by atoms with Crippen molar-refractivity contribution < 1.29 is 34.3 Å². The summed E-state index contributed by atoms with van der Waals surface area (Å²) < 4.78 is 21.4. The van der Waals surface area contributed by atoms with Crippen LogP contribution in [0.2, 0.25) is 0 Å². The van der Waals surface area contributed by atoms with E-state index in [0.717, 1.165) is 0 Å². The molecule has 0 heterocycles. The van der Waals surface area contributed by atoms with Gasteiger partial charge in [0.25, 0.3) is 0 Å². The molecule has 42 valence electrons. The smallest absolute Gasteiger partial charge is 0.443 e.